The summed E-state index contributed by atoms with van der Waals surface area (Å²) in [4.78, 5) is 29.4. The number of likely N-dealkylation sites (tertiary alicyclic amines) is 1. The first-order valence-electron chi connectivity index (χ1n) is 11.8. The summed E-state index contributed by atoms with van der Waals surface area (Å²) in [5.41, 5.74) is 4.31. The highest BCUT2D eigenvalue weighted by molar-refractivity contribution is 6.02. The van der Waals surface area contributed by atoms with Gasteiger partial charge in [0.1, 0.15) is 0 Å². The third-order valence-corrected chi connectivity index (χ3v) is 7.45. The van der Waals surface area contributed by atoms with Gasteiger partial charge in [-0.3, -0.25) is 14.5 Å². The van der Waals surface area contributed by atoms with Gasteiger partial charge in [-0.25, -0.2) is 8.78 Å². The lowest BCUT2D eigenvalue weighted by Crippen LogP contribution is -2.43. The maximum Gasteiger partial charge on any atom is 0.255 e. The highest BCUT2D eigenvalue weighted by Gasteiger charge is 2.38. The lowest BCUT2D eigenvalue weighted by Gasteiger charge is -2.32. The zero-order chi connectivity index (χ0) is 24.0. The second-order valence-electron chi connectivity index (χ2n) is 9.76. The maximum absolute atomic E-state index is 13.6. The Morgan fingerprint density at radius 1 is 1.03 bits per heavy atom. The van der Waals surface area contributed by atoms with Crippen molar-refractivity contribution < 1.29 is 23.5 Å². The molecule has 2 aliphatic heterocycles. The Morgan fingerprint density at radius 2 is 1.74 bits per heavy atom. The van der Waals surface area contributed by atoms with Gasteiger partial charge in [0.05, 0.1) is 6.04 Å². The van der Waals surface area contributed by atoms with Gasteiger partial charge in [-0.1, -0.05) is 24.3 Å². The third-order valence-electron chi connectivity index (χ3n) is 7.45. The van der Waals surface area contributed by atoms with Crippen LogP contribution in [0.15, 0.2) is 42.5 Å². The molecule has 0 aromatic heterocycles. The van der Waals surface area contributed by atoms with Crippen LogP contribution < -0.4 is 0 Å². The van der Waals surface area contributed by atoms with Crippen LogP contribution in [0.3, 0.4) is 0 Å². The molecule has 1 N–H and O–H groups in total. The average molecular weight is 467 g/mol. The molecule has 2 heterocycles. The van der Waals surface area contributed by atoms with Crippen LogP contribution in [0.5, 0.6) is 5.75 Å². The molecule has 178 valence electrons. The maximum atomic E-state index is 13.6. The Hall–Kier alpha value is -3.06. The van der Waals surface area contributed by atoms with Crippen molar-refractivity contribution in [1.29, 1.82) is 0 Å². The fraction of sp³-hybridized carbons (Fsp3) is 0.407. The van der Waals surface area contributed by atoms with E-state index in [0.717, 1.165) is 43.5 Å². The van der Waals surface area contributed by atoms with Crippen LogP contribution in [0.4, 0.5) is 8.78 Å². The number of Topliss-reactive ketones (excluding diaryl/α,β-unsaturated/α-hetero) is 1. The van der Waals surface area contributed by atoms with Crippen LogP contribution in [-0.4, -0.2) is 45.7 Å². The summed E-state index contributed by atoms with van der Waals surface area (Å²) in [6, 6.07) is 8.04. The number of hydrogen-bond acceptors (Lipinski definition) is 4. The summed E-state index contributed by atoms with van der Waals surface area (Å²) >= 11 is 0. The van der Waals surface area contributed by atoms with E-state index in [2.05, 4.69) is 17.5 Å². The van der Waals surface area contributed by atoms with Crippen molar-refractivity contribution in [1.82, 2.24) is 9.80 Å². The van der Waals surface area contributed by atoms with E-state index in [9.17, 15) is 23.5 Å². The van der Waals surface area contributed by atoms with Gasteiger partial charge in [0, 0.05) is 25.1 Å². The molecule has 0 radical (unpaired) electrons. The van der Waals surface area contributed by atoms with Gasteiger partial charge in [-0.2, -0.15) is 0 Å². The Balaban J connectivity index is 1.22. The fourth-order valence-electron chi connectivity index (χ4n) is 5.54. The summed E-state index contributed by atoms with van der Waals surface area (Å²) in [6.45, 7) is 6.40. The summed E-state index contributed by atoms with van der Waals surface area (Å²) in [5, 5.41) is 9.29. The monoisotopic (exact) mass is 466 g/mol. The number of hydrogen-bond donors (Lipinski definition) is 1. The number of allylic oxidation sites excluding steroid dienone is 1. The molecule has 1 amide bonds. The number of nitrogens with zero attached hydrogens (tertiary/aromatic N) is 2. The molecule has 34 heavy (non-hydrogen) atoms. The van der Waals surface area contributed by atoms with Gasteiger partial charge in [-0.15, -0.1) is 0 Å². The van der Waals surface area contributed by atoms with Crippen LogP contribution in [0.1, 0.15) is 65.1 Å². The van der Waals surface area contributed by atoms with E-state index in [0.29, 0.717) is 43.0 Å². The topological polar surface area (TPSA) is 60.9 Å². The van der Waals surface area contributed by atoms with E-state index in [-0.39, 0.29) is 17.7 Å². The van der Waals surface area contributed by atoms with Crippen molar-refractivity contribution in [3.8, 4) is 5.75 Å². The number of phenols is 1. The fourth-order valence-corrected chi connectivity index (χ4v) is 5.54. The number of phenolic OH excluding ortho intramolecular Hbond substituents is 1. The number of carbonyl (C=O) groups excluding carboxylic acids is 2. The van der Waals surface area contributed by atoms with Crippen LogP contribution >= 0.6 is 0 Å². The Kier molecular flexibility index (Phi) is 5.98. The van der Waals surface area contributed by atoms with Crippen molar-refractivity contribution in [2.75, 3.05) is 13.1 Å². The number of carbonyl (C=O) groups is 2. The number of ketones is 1. The highest BCUT2D eigenvalue weighted by Crippen LogP contribution is 2.35. The van der Waals surface area contributed by atoms with Crippen molar-refractivity contribution >= 4 is 11.7 Å². The lowest BCUT2D eigenvalue weighted by molar-refractivity contribution is -0.124. The smallest absolute Gasteiger partial charge is 0.255 e. The normalized spacial score (nSPS) is 21.9. The molecule has 2 aromatic rings. The number of halogens is 2. The summed E-state index contributed by atoms with van der Waals surface area (Å²) in [5.74, 6) is -2.44. The first kappa shape index (κ1) is 22.7. The van der Waals surface area contributed by atoms with Crippen molar-refractivity contribution in [2.45, 2.75) is 57.2 Å². The van der Waals surface area contributed by atoms with Gasteiger partial charge >= 0.3 is 0 Å². The molecule has 1 aliphatic carbocycles. The number of amides is 1. The molecule has 5 nitrogen and oxygen atoms in total. The van der Waals surface area contributed by atoms with Crippen LogP contribution in [0.2, 0.25) is 0 Å². The van der Waals surface area contributed by atoms with E-state index >= 15 is 0 Å². The summed E-state index contributed by atoms with van der Waals surface area (Å²) in [7, 11) is 0. The Morgan fingerprint density at radius 3 is 2.41 bits per heavy atom. The van der Waals surface area contributed by atoms with Crippen molar-refractivity contribution in [3.63, 3.8) is 0 Å². The van der Waals surface area contributed by atoms with E-state index in [1.54, 1.807) is 4.90 Å². The quantitative estimate of drug-likeness (QED) is 0.665. The molecule has 1 saturated carbocycles. The third kappa shape index (κ3) is 4.25. The van der Waals surface area contributed by atoms with E-state index in [1.807, 2.05) is 12.1 Å². The molecule has 3 aliphatic rings. The largest absolute Gasteiger partial charge is 0.503 e. The van der Waals surface area contributed by atoms with Gasteiger partial charge in [-0.05, 0) is 79.6 Å². The number of piperidine rings is 1. The zero-order valence-corrected chi connectivity index (χ0v) is 19.0. The number of rotatable bonds is 4. The first-order valence-corrected chi connectivity index (χ1v) is 11.8. The van der Waals surface area contributed by atoms with E-state index < -0.39 is 17.4 Å². The number of fused-ring (bicyclic) bond motifs is 1. The number of benzene rings is 2. The molecule has 1 saturated heterocycles. The lowest BCUT2D eigenvalue weighted by atomic mass is 9.87. The molecule has 2 aromatic carbocycles. The minimum Gasteiger partial charge on any atom is -0.503 e. The highest BCUT2D eigenvalue weighted by atomic mass is 19.1. The Bertz CT molecular complexity index is 1150. The first-order chi connectivity index (χ1) is 16.3. The molecule has 7 heteroatoms. The predicted octanol–water partition coefficient (Wildman–Crippen LogP) is 4.68. The van der Waals surface area contributed by atoms with Crippen molar-refractivity contribution in [2.24, 2.45) is 0 Å². The summed E-state index contributed by atoms with van der Waals surface area (Å²) < 4.78 is 27.3. The van der Waals surface area contributed by atoms with Crippen molar-refractivity contribution in [3.05, 3.63) is 76.4 Å². The predicted molar refractivity (Wildman–Crippen MR) is 123 cm³/mol. The minimum absolute atomic E-state index is 0.0596. The van der Waals surface area contributed by atoms with Gasteiger partial charge < -0.3 is 10.0 Å². The van der Waals surface area contributed by atoms with E-state index in [4.69, 9.17) is 0 Å². The van der Waals surface area contributed by atoms with E-state index in [1.165, 1.54) is 17.7 Å². The summed E-state index contributed by atoms with van der Waals surface area (Å²) in [6.07, 6.45) is 3.60. The van der Waals surface area contributed by atoms with Crippen LogP contribution in [0, 0.1) is 11.6 Å². The second kappa shape index (κ2) is 8.95. The molecule has 2 fully saturated rings. The van der Waals surface area contributed by atoms with Gasteiger partial charge in [0.15, 0.2) is 23.2 Å². The SMILES string of the molecule is C=C1CCC(N2Cc3cc(C4CCN(Cc5cc(F)c(O)c(F)c5)CC4)ccc3C2=O)C(=O)C1. The zero-order valence-electron chi connectivity index (χ0n) is 19.0. The van der Waals surface area contributed by atoms with Gasteiger partial charge in [0.25, 0.3) is 5.91 Å². The minimum atomic E-state index is -0.938. The second-order valence-corrected chi connectivity index (χ2v) is 9.76. The molecule has 1 unspecified atom stereocenters. The average Bonchev–Trinajstić information content (AvgIpc) is 3.13. The molecule has 5 rings (SSSR count). The molecular weight excluding hydrogens is 438 g/mol. The standard InChI is InChI=1S/C27H28F2N2O3/c1-16-2-5-24(25(32)10-16)31-15-20-13-19(3-4-21(20)27(31)34)18-6-8-30(9-7-18)14-17-11-22(28)26(33)23(29)12-17/h3-4,11-13,18,24,33H,1-2,5-10,14-15H2. The van der Waals surface area contributed by atoms with Crippen LogP contribution in [0.25, 0.3) is 0 Å². The van der Waals surface area contributed by atoms with Crippen LogP contribution in [-0.2, 0) is 17.9 Å². The molecule has 0 bridgehead atoms. The van der Waals surface area contributed by atoms with Gasteiger partial charge in [0.2, 0.25) is 0 Å². The molecule has 0 spiro atoms. The number of aromatic hydroxyl groups is 1. The molecule has 1 atom stereocenters. The molecular formula is C27H28F2N2O3. The Labute approximate surface area is 197 Å².